The molecule has 1 heterocycles. The average Bonchev–Trinajstić information content (AvgIpc) is 2.86. The molecule has 34 heavy (non-hydrogen) atoms. The normalized spacial score (nSPS) is 24.1. The van der Waals surface area contributed by atoms with Gasteiger partial charge in [-0.05, 0) is 35.0 Å². The summed E-state index contributed by atoms with van der Waals surface area (Å²) in [4.78, 5) is 14.5. The van der Waals surface area contributed by atoms with E-state index in [-0.39, 0.29) is 13.2 Å². The molecule has 5 atom stereocenters. The van der Waals surface area contributed by atoms with E-state index in [2.05, 4.69) is 10.0 Å². The van der Waals surface area contributed by atoms with Crippen LogP contribution in [0.3, 0.4) is 0 Å². The summed E-state index contributed by atoms with van der Waals surface area (Å²) in [6.45, 7) is 1.89. The maximum absolute atomic E-state index is 11.5. The highest BCUT2D eigenvalue weighted by molar-refractivity contribution is 7.99. The van der Waals surface area contributed by atoms with Crippen molar-refractivity contribution in [2.45, 2.75) is 49.9 Å². The van der Waals surface area contributed by atoms with E-state index in [1.807, 2.05) is 60.9 Å². The van der Waals surface area contributed by atoms with Crippen LogP contribution < -0.4 is 4.74 Å². The first-order valence-electron chi connectivity index (χ1n) is 10.8. The highest BCUT2D eigenvalue weighted by Gasteiger charge is 2.47. The van der Waals surface area contributed by atoms with Crippen molar-refractivity contribution in [2.75, 3.05) is 20.0 Å². The van der Waals surface area contributed by atoms with Gasteiger partial charge in [-0.2, -0.15) is 0 Å². The van der Waals surface area contributed by atoms with Crippen molar-refractivity contribution in [3.8, 4) is 5.75 Å². The first-order chi connectivity index (χ1) is 16.5. The minimum absolute atomic E-state index is 0.00609. The number of ether oxygens (including phenoxy) is 5. The van der Waals surface area contributed by atoms with Crippen molar-refractivity contribution in [2.24, 2.45) is 5.11 Å². The molecule has 0 saturated carbocycles. The Hall–Kier alpha value is -2.75. The van der Waals surface area contributed by atoms with Gasteiger partial charge in [0.1, 0.15) is 36.0 Å². The monoisotopic (exact) mass is 487 g/mol. The van der Waals surface area contributed by atoms with Crippen molar-refractivity contribution in [1.29, 1.82) is 0 Å². The predicted octanol–water partition coefficient (Wildman–Crippen LogP) is 4.50. The summed E-state index contributed by atoms with van der Waals surface area (Å²) in [5.74, 6) is 0.324. The van der Waals surface area contributed by atoms with Crippen LogP contribution in [0.5, 0.6) is 5.75 Å². The number of azide groups is 1. The smallest absolute Gasteiger partial charge is 0.302 e. The fourth-order valence-corrected chi connectivity index (χ4v) is 4.42. The second-order valence-corrected chi connectivity index (χ2v) is 8.60. The molecule has 0 N–H and O–H groups in total. The first kappa shape index (κ1) is 25.9. The molecule has 2 aromatic rings. The minimum atomic E-state index is -0.649. The lowest BCUT2D eigenvalue weighted by Crippen LogP contribution is -2.59. The molecule has 0 bridgehead atoms. The van der Waals surface area contributed by atoms with Gasteiger partial charge in [-0.15, -0.1) is 11.8 Å². The van der Waals surface area contributed by atoms with Crippen molar-refractivity contribution in [3.05, 3.63) is 76.2 Å². The topological polar surface area (TPSA) is 112 Å². The maximum Gasteiger partial charge on any atom is 0.302 e. The van der Waals surface area contributed by atoms with Gasteiger partial charge in [0.15, 0.2) is 0 Å². The van der Waals surface area contributed by atoms with E-state index in [9.17, 15) is 10.3 Å². The molecule has 0 aromatic heterocycles. The zero-order chi connectivity index (χ0) is 24.3. The van der Waals surface area contributed by atoms with E-state index in [1.165, 1.54) is 18.7 Å². The van der Waals surface area contributed by atoms with Crippen molar-refractivity contribution >= 4 is 17.7 Å². The molecule has 3 rings (SSSR count). The largest absolute Gasteiger partial charge is 0.497 e. The van der Waals surface area contributed by atoms with Crippen LogP contribution in [-0.4, -0.2) is 55.7 Å². The Balaban J connectivity index is 1.86. The molecule has 1 aliphatic rings. The quantitative estimate of drug-likeness (QED) is 0.199. The van der Waals surface area contributed by atoms with Gasteiger partial charge < -0.3 is 23.7 Å². The van der Waals surface area contributed by atoms with Crippen molar-refractivity contribution < 1.29 is 28.5 Å². The molecule has 1 aliphatic heterocycles. The van der Waals surface area contributed by atoms with E-state index in [0.717, 1.165) is 16.9 Å². The Bertz CT molecular complexity index is 955. The number of rotatable bonds is 11. The van der Waals surface area contributed by atoms with Gasteiger partial charge in [-0.25, -0.2) is 0 Å². The van der Waals surface area contributed by atoms with E-state index in [0.29, 0.717) is 6.61 Å². The lowest BCUT2D eigenvalue weighted by atomic mass is 9.97. The van der Waals surface area contributed by atoms with Gasteiger partial charge in [0, 0.05) is 11.8 Å². The van der Waals surface area contributed by atoms with Crippen molar-refractivity contribution in [1.82, 2.24) is 0 Å². The Morgan fingerprint density at radius 2 is 1.71 bits per heavy atom. The summed E-state index contributed by atoms with van der Waals surface area (Å²) < 4.78 is 29.2. The Morgan fingerprint density at radius 1 is 1.06 bits per heavy atom. The third-order valence-corrected chi connectivity index (χ3v) is 6.22. The van der Waals surface area contributed by atoms with E-state index >= 15 is 0 Å². The third kappa shape index (κ3) is 7.12. The van der Waals surface area contributed by atoms with Gasteiger partial charge in [0.2, 0.25) is 0 Å². The maximum atomic E-state index is 11.5. The van der Waals surface area contributed by atoms with Crippen LogP contribution in [0.15, 0.2) is 59.7 Å². The molecule has 1 saturated heterocycles. The summed E-state index contributed by atoms with van der Waals surface area (Å²) in [6, 6.07) is 16.6. The van der Waals surface area contributed by atoms with Crippen LogP contribution in [0.4, 0.5) is 0 Å². The summed E-state index contributed by atoms with van der Waals surface area (Å²) in [7, 11) is 1.61. The molecule has 182 valence electrons. The van der Waals surface area contributed by atoms with Crippen LogP contribution in [-0.2, 0) is 37.0 Å². The fraction of sp³-hybridized carbons (Fsp3) is 0.458. The Morgan fingerprint density at radius 3 is 2.29 bits per heavy atom. The molecule has 0 amide bonds. The zero-order valence-corrected chi connectivity index (χ0v) is 20.2. The molecule has 9 nitrogen and oxygen atoms in total. The van der Waals surface area contributed by atoms with Gasteiger partial charge in [-0.1, -0.05) is 47.6 Å². The Labute approximate surface area is 203 Å². The molecular weight excluding hydrogens is 458 g/mol. The molecule has 0 aliphatic carbocycles. The van der Waals surface area contributed by atoms with Crippen LogP contribution in [0.1, 0.15) is 18.1 Å². The summed E-state index contributed by atoms with van der Waals surface area (Å²) >= 11 is 1.40. The number of nitrogens with zero attached hydrogens (tertiary/aromatic N) is 3. The van der Waals surface area contributed by atoms with E-state index < -0.39 is 35.8 Å². The van der Waals surface area contributed by atoms with Crippen LogP contribution in [0.25, 0.3) is 10.4 Å². The molecule has 10 heteroatoms. The number of thioether (sulfide) groups is 1. The SMILES string of the molecule is COc1ccc(CO[C@H]2[C@H](OCc3ccccc3)[C@@H](N=[N+]=[N-])[C@@H](SC)O[C@@H]2COC(C)=O)cc1. The minimum Gasteiger partial charge on any atom is -0.497 e. The summed E-state index contributed by atoms with van der Waals surface area (Å²) in [5, 5.41) is 3.99. The second kappa shape index (κ2) is 13.2. The van der Waals surface area contributed by atoms with Crippen LogP contribution >= 0.6 is 11.8 Å². The van der Waals surface area contributed by atoms with Gasteiger partial charge >= 0.3 is 5.97 Å². The third-order valence-electron chi connectivity index (χ3n) is 5.37. The molecule has 0 radical (unpaired) electrons. The van der Waals surface area contributed by atoms with E-state index in [4.69, 9.17) is 23.7 Å². The fourth-order valence-electron chi connectivity index (χ4n) is 3.68. The number of benzene rings is 2. The molecule has 1 fully saturated rings. The lowest BCUT2D eigenvalue weighted by molar-refractivity contribution is -0.210. The van der Waals surface area contributed by atoms with Gasteiger partial charge in [0.05, 0.1) is 26.4 Å². The standard InChI is InChI=1S/C24H29N3O6S/c1-16(28)30-15-20-22(31-14-18-9-11-19(29-2)12-10-18)23(21(26-27-25)24(33-20)34-3)32-13-17-7-5-4-6-8-17/h4-12,20-24H,13-15H2,1-3H3/t20-,21-,22-,23-,24-/m1/s1. The highest BCUT2D eigenvalue weighted by Crippen LogP contribution is 2.34. The number of esters is 1. The molecule has 0 spiro atoms. The van der Waals surface area contributed by atoms with Crippen LogP contribution in [0, 0.1) is 0 Å². The molecular formula is C24H29N3O6S. The number of hydrogen-bond donors (Lipinski definition) is 0. The summed E-state index contributed by atoms with van der Waals surface area (Å²) in [5.41, 5.74) is 10.6. The van der Waals surface area contributed by atoms with Gasteiger partial charge in [0.25, 0.3) is 0 Å². The lowest BCUT2D eigenvalue weighted by Gasteiger charge is -2.44. The zero-order valence-electron chi connectivity index (χ0n) is 19.4. The second-order valence-electron chi connectivity index (χ2n) is 7.66. The van der Waals surface area contributed by atoms with Crippen LogP contribution in [0.2, 0.25) is 0 Å². The number of carbonyl (C=O) groups excluding carboxylic acids is 1. The van der Waals surface area contributed by atoms with E-state index in [1.54, 1.807) is 7.11 Å². The molecule has 2 aromatic carbocycles. The van der Waals surface area contributed by atoms with Crippen molar-refractivity contribution in [3.63, 3.8) is 0 Å². The first-order valence-corrected chi connectivity index (χ1v) is 12.1. The number of carbonyl (C=O) groups is 1. The molecule has 0 unspecified atom stereocenters. The number of methoxy groups -OCH3 is 1. The van der Waals surface area contributed by atoms with Gasteiger partial charge in [-0.3, -0.25) is 4.79 Å². The summed E-state index contributed by atoms with van der Waals surface area (Å²) in [6.07, 6.45) is -0.0176. The Kier molecular flexibility index (Phi) is 10.1. The highest BCUT2D eigenvalue weighted by atomic mass is 32.2. The number of hydrogen-bond acceptors (Lipinski definition) is 8. The predicted molar refractivity (Wildman–Crippen MR) is 128 cm³/mol. The average molecular weight is 488 g/mol.